The molecule has 0 bridgehead atoms. The van der Waals surface area contributed by atoms with Crippen LogP contribution in [0, 0.1) is 6.92 Å². The van der Waals surface area contributed by atoms with Crippen molar-refractivity contribution < 1.29 is 0 Å². The van der Waals surface area contributed by atoms with Crippen LogP contribution in [0.15, 0.2) is 17.3 Å². The Morgan fingerprint density at radius 3 is 3.36 bits per heavy atom. The number of pyridine rings is 1. The van der Waals surface area contributed by atoms with Crippen molar-refractivity contribution in [2.75, 3.05) is 5.75 Å². The lowest BCUT2D eigenvalue weighted by molar-refractivity contribution is 0.945. The number of nitrogens with one attached hydrogen (secondary N) is 1. The minimum absolute atomic E-state index is 1.05. The van der Waals surface area contributed by atoms with Gasteiger partial charge in [-0.15, -0.1) is 11.8 Å². The first-order chi connectivity index (χ1) is 6.86. The van der Waals surface area contributed by atoms with Crippen LogP contribution in [0.3, 0.4) is 0 Å². The number of hydrogen-bond acceptors (Lipinski definition) is 2. The van der Waals surface area contributed by atoms with Crippen LogP contribution in [0.25, 0.3) is 11.0 Å². The number of H-pyrrole nitrogens is 1. The van der Waals surface area contributed by atoms with E-state index in [0.29, 0.717) is 0 Å². The number of nitrogens with zero attached hydrogens (tertiary/aromatic N) is 1. The van der Waals surface area contributed by atoms with Crippen molar-refractivity contribution in [3.63, 3.8) is 0 Å². The van der Waals surface area contributed by atoms with Crippen molar-refractivity contribution in [3.05, 3.63) is 23.5 Å². The van der Waals surface area contributed by atoms with E-state index in [4.69, 9.17) is 0 Å². The summed E-state index contributed by atoms with van der Waals surface area (Å²) in [7, 11) is 0. The van der Waals surface area contributed by atoms with Crippen LogP contribution in [-0.2, 0) is 6.42 Å². The normalized spacial score (nSPS) is 15.8. The molecule has 3 heterocycles. The SMILES string of the molecule is Cc1cnc2[nH]cc3c2c1SCCC3. The zero-order chi connectivity index (χ0) is 9.54. The van der Waals surface area contributed by atoms with Crippen LogP contribution >= 0.6 is 11.8 Å². The van der Waals surface area contributed by atoms with Crippen molar-refractivity contribution in [2.24, 2.45) is 0 Å². The van der Waals surface area contributed by atoms with Gasteiger partial charge in [0.25, 0.3) is 0 Å². The third-order valence-electron chi connectivity index (χ3n) is 2.75. The van der Waals surface area contributed by atoms with Gasteiger partial charge in [-0.05, 0) is 36.6 Å². The lowest BCUT2D eigenvalue weighted by atomic mass is 10.1. The van der Waals surface area contributed by atoms with E-state index >= 15 is 0 Å². The Morgan fingerprint density at radius 2 is 2.43 bits per heavy atom. The monoisotopic (exact) mass is 204 g/mol. The van der Waals surface area contributed by atoms with E-state index in [2.05, 4.69) is 23.1 Å². The van der Waals surface area contributed by atoms with Gasteiger partial charge in [0, 0.05) is 22.7 Å². The Labute approximate surface area is 87.1 Å². The second-order valence-corrected chi connectivity index (χ2v) is 4.87. The van der Waals surface area contributed by atoms with E-state index in [1.807, 2.05) is 18.0 Å². The minimum Gasteiger partial charge on any atom is -0.346 e. The first kappa shape index (κ1) is 8.36. The van der Waals surface area contributed by atoms with Gasteiger partial charge in [0.15, 0.2) is 0 Å². The summed E-state index contributed by atoms with van der Waals surface area (Å²) in [4.78, 5) is 9.10. The Morgan fingerprint density at radius 1 is 1.50 bits per heavy atom. The van der Waals surface area contributed by atoms with Crippen molar-refractivity contribution in [1.82, 2.24) is 9.97 Å². The lowest BCUT2D eigenvalue weighted by Crippen LogP contribution is -1.85. The molecule has 0 fully saturated rings. The molecule has 0 spiro atoms. The molecule has 14 heavy (non-hydrogen) atoms. The molecule has 0 aromatic carbocycles. The molecule has 2 aromatic rings. The Hall–Kier alpha value is -0.960. The largest absolute Gasteiger partial charge is 0.346 e. The second kappa shape index (κ2) is 3.02. The number of aryl methyl sites for hydroxylation is 2. The number of hydrogen-bond donors (Lipinski definition) is 1. The molecule has 0 radical (unpaired) electrons. The third kappa shape index (κ3) is 1.08. The molecule has 2 nitrogen and oxygen atoms in total. The molecule has 2 aromatic heterocycles. The van der Waals surface area contributed by atoms with Crippen molar-refractivity contribution in [1.29, 1.82) is 0 Å². The Bertz CT molecular complexity index is 487. The fourth-order valence-electron chi connectivity index (χ4n) is 2.04. The van der Waals surface area contributed by atoms with Gasteiger partial charge in [-0.1, -0.05) is 0 Å². The minimum atomic E-state index is 1.05. The van der Waals surface area contributed by atoms with Crippen LogP contribution in [0.1, 0.15) is 17.5 Å². The molecule has 0 atom stereocenters. The van der Waals surface area contributed by atoms with Gasteiger partial charge in [0.1, 0.15) is 5.65 Å². The lowest BCUT2D eigenvalue weighted by Gasteiger charge is -2.04. The molecule has 0 saturated carbocycles. The van der Waals surface area contributed by atoms with E-state index < -0.39 is 0 Å². The van der Waals surface area contributed by atoms with E-state index in [9.17, 15) is 0 Å². The average Bonchev–Trinajstić information content (AvgIpc) is 2.46. The molecular formula is C11H12N2S. The summed E-state index contributed by atoms with van der Waals surface area (Å²) >= 11 is 1.97. The Balaban J connectivity index is 2.42. The zero-order valence-corrected chi connectivity index (χ0v) is 8.95. The highest BCUT2D eigenvalue weighted by Crippen LogP contribution is 2.35. The maximum Gasteiger partial charge on any atom is 0.138 e. The summed E-state index contributed by atoms with van der Waals surface area (Å²) in [5.41, 5.74) is 3.80. The molecule has 3 rings (SSSR count). The number of rotatable bonds is 0. The molecule has 0 aliphatic carbocycles. The first-order valence-corrected chi connectivity index (χ1v) is 5.93. The molecule has 0 amide bonds. The molecule has 3 heteroatoms. The van der Waals surface area contributed by atoms with Gasteiger partial charge >= 0.3 is 0 Å². The fraction of sp³-hybridized carbons (Fsp3) is 0.364. The summed E-state index contributed by atoms with van der Waals surface area (Å²) in [6.45, 7) is 2.15. The highest BCUT2D eigenvalue weighted by Gasteiger charge is 2.15. The van der Waals surface area contributed by atoms with Gasteiger partial charge in [-0.25, -0.2) is 4.98 Å². The number of aromatic nitrogens is 2. The summed E-state index contributed by atoms with van der Waals surface area (Å²) in [5, 5.41) is 1.37. The average molecular weight is 204 g/mol. The van der Waals surface area contributed by atoms with E-state index in [0.717, 1.165) is 5.65 Å². The van der Waals surface area contributed by atoms with Crippen molar-refractivity contribution in [3.8, 4) is 0 Å². The topological polar surface area (TPSA) is 28.7 Å². The van der Waals surface area contributed by atoms with E-state index in [-0.39, 0.29) is 0 Å². The first-order valence-electron chi connectivity index (χ1n) is 4.94. The van der Waals surface area contributed by atoms with Crippen molar-refractivity contribution in [2.45, 2.75) is 24.7 Å². The Kier molecular flexibility index (Phi) is 1.80. The van der Waals surface area contributed by atoms with E-state index in [1.165, 1.54) is 40.0 Å². The van der Waals surface area contributed by atoms with Gasteiger partial charge in [-0.2, -0.15) is 0 Å². The predicted molar refractivity (Wildman–Crippen MR) is 59.9 cm³/mol. The second-order valence-electron chi connectivity index (χ2n) is 3.76. The summed E-state index contributed by atoms with van der Waals surface area (Å²) < 4.78 is 0. The number of aromatic amines is 1. The van der Waals surface area contributed by atoms with E-state index in [1.54, 1.807) is 0 Å². The smallest absolute Gasteiger partial charge is 0.138 e. The third-order valence-corrected chi connectivity index (χ3v) is 4.06. The van der Waals surface area contributed by atoms with Crippen LogP contribution in [0.5, 0.6) is 0 Å². The summed E-state index contributed by atoms with van der Waals surface area (Å²) in [6.07, 6.45) is 6.54. The molecular weight excluding hydrogens is 192 g/mol. The standard InChI is InChI=1S/C11H12N2S/c1-7-5-12-11-9-8(6-13-11)3-2-4-14-10(7)9/h5-6H,2-4H2,1H3,(H,12,13). The number of thioether (sulfide) groups is 1. The van der Waals surface area contributed by atoms with Gasteiger partial charge < -0.3 is 4.98 Å². The summed E-state index contributed by atoms with van der Waals surface area (Å²) in [6, 6.07) is 0. The predicted octanol–water partition coefficient (Wildman–Crippen LogP) is 2.91. The molecule has 1 aliphatic rings. The molecule has 72 valence electrons. The fourth-order valence-corrected chi connectivity index (χ4v) is 3.19. The zero-order valence-electron chi connectivity index (χ0n) is 8.13. The van der Waals surface area contributed by atoms with Crippen molar-refractivity contribution >= 4 is 22.8 Å². The molecule has 1 N–H and O–H groups in total. The molecule has 1 aliphatic heterocycles. The quantitative estimate of drug-likeness (QED) is 0.714. The maximum absolute atomic E-state index is 4.42. The van der Waals surface area contributed by atoms with Gasteiger partial charge in [0.05, 0.1) is 0 Å². The van der Waals surface area contributed by atoms with Gasteiger partial charge in [0.2, 0.25) is 0 Å². The highest BCUT2D eigenvalue weighted by atomic mass is 32.2. The molecule has 0 saturated heterocycles. The van der Waals surface area contributed by atoms with Crippen LogP contribution in [0.2, 0.25) is 0 Å². The van der Waals surface area contributed by atoms with Gasteiger partial charge in [-0.3, -0.25) is 0 Å². The van der Waals surface area contributed by atoms with Crippen LogP contribution in [-0.4, -0.2) is 15.7 Å². The van der Waals surface area contributed by atoms with Crippen LogP contribution < -0.4 is 0 Å². The van der Waals surface area contributed by atoms with Crippen LogP contribution in [0.4, 0.5) is 0 Å². The highest BCUT2D eigenvalue weighted by molar-refractivity contribution is 7.99. The summed E-state index contributed by atoms with van der Waals surface area (Å²) in [5.74, 6) is 1.23. The maximum atomic E-state index is 4.42. The molecule has 0 unspecified atom stereocenters.